The van der Waals surface area contributed by atoms with Gasteiger partial charge in [-0.15, -0.1) is 0 Å². The van der Waals surface area contributed by atoms with Crippen LogP contribution in [0.4, 0.5) is 0 Å². The molecule has 3 fully saturated rings. The van der Waals surface area contributed by atoms with Crippen LogP contribution < -0.4 is 4.74 Å². The van der Waals surface area contributed by atoms with Crippen molar-refractivity contribution in [2.45, 2.75) is 45.1 Å². The van der Waals surface area contributed by atoms with E-state index in [1.54, 1.807) is 0 Å². The molecule has 0 bridgehead atoms. The number of ether oxygens (including phenoxy) is 2. The first-order valence-electron chi connectivity index (χ1n) is 10.4. The number of piperidine rings is 1. The lowest BCUT2D eigenvalue weighted by Gasteiger charge is -2.38. The van der Waals surface area contributed by atoms with Gasteiger partial charge in [0.05, 0.1) is 12.7 Å². The lowest BCUT2D eigenvalue weighted by atomic mass is 9.76. The lowest BCUT2D eigenvalue weighted by Crippen LogP contribution is -2.45. The SMILES string of the molecule is Cc1ccc(OCC(=O)N2CCC3(CC2)COC(CN2CCCC2)C3)cc1. The number of aryl methyl sites for hydroxylation is 1. The number of amides is 1. The number of hydrogen-bond acceptors (Lipinski definition) is 4. The van der Waals surface area contributed by atoms with Gasteiger partial charge in [0.1, 0.15) is 5.75 Å². The summed E-state index contributed by atoms with van der Waals surface area (Å²) in [4.78, 5) is 17.0. The molecule has 3 heterocycles. The van der Waals surface area contributed by atoms with Gasteiger partial charge in [-0.3, -0.25) is 4.79 Å². The molecule has 1 spiro atoms. The fraction of sp³-hybridized carbons (Fsp3) is 0.682. The van der Waals surface area contributed by atoms with Gasteiger partial charge in [0.15, 0.2) is 6.61 Å². The molecule has 0 aliphatic carbocycles. The maximum atomic E-state index is 12.5. The molecule has 3 aliphatic rings. The van der Waals surface area contributed by atoms with Crippen molar-refractivity contribution in [2.75, 3.05) is 45.9 Å². The van der Waals surface area contributed by atoms with E-state index in [1.165, 1.54) is 31.5 Å². The van der Waals surface area contributed by atoms with Crippen molar-refractivity contribution in [3.05, 3.63) is 29.8 Å². The first-order chi connectivity index (χ1) is 13.1. The highest BCUT2D eigenvalue weighted by atomic mass is 16.5. The van der Waals surface area contributed by atoms with E-state index in [2.05, 4.69) is 4.90 Å². The molecule has 3 saturated heterocycles. The zero-order valence-electron chi connectivity index (χ0n) is 16.5. The van der Waals surface area contributed by atoms with E-state index in [0.717, 1.165) is 51.3 Å². The summed E-state index contributed by atoms with van der Waals surface area (Å²) in [6, 6.07) is 7.85. The Labute approximate surface area is 162 Å². The van der Waals surface area contributed by atoms with Crippen LogP contribution in [0.15, 0.2) is 24.3 Å². The van der Waals surface area contributed by atoms with Crippen molar-refractivity contribution < 1.29 is 14.3 Å². The largest absolute Gasteiger partial charge is 0.484 e. The van der Waals surface area contributed by atoms with Crippen molar-refractivity contribution >= 4 is 5.91 Å². The van der Waals surface area contributed by atoms with Crippen LogP contribution in [-0.4, -0.2) is 67.7 Å². The number of carbonyl (C=O) groups excluding carboxylic acids is 1. The first kappa shape index (κ1) is 18.8. The Hall–Kier alpha value is -1.59. The molecule has 1 unspecified atom stereocenters. The molecule has 0 radical (unpaired) electrons. The Morgan fingerprint density at radius 2 is 1.85 bits per heavy atom. The normalized spacial score (nSPS) is 25.2. The van der Waals surface area contributed by atoms with Crippen LogP contribution in [0.2, 0.25) is 0 Å². The third kappa shape index (κ3) is 4.64. The fourth-order valence-corrected chi connectivity index (χ4v) is 4.72. The van der Waals surface area contributed by atoms with Crippen molar-refractivity contribution in [3.8, 4) is 5.75 Å². The molecule has 27 heavy (non-hydrogen) atoms. The van der Waals surface area contributed by atoms with Crippen molar-refractivity contribution in [3.63, 3.8) is 0 Å². The molecule has 3 aliphatic heterocycles. The predicted molar refractivity (Wildman–Crippen MR) is 105 cm³/mol. The third-order valence-corrected chi connectivity index (χ3v) is 6.51. The second kappa shape index (κ2) is 8.19. The molecule has 148 valence electrons. The van der Waals surface area contributed by atoms with Crippen LogP contribution in [0.1, 0.15) is 37.7 Å². The summed E-state index contributed by atoms with van der Waals surface area (Å²) in [7, 11) is 0. The van der Waals surface area contributed by atoms with Gasteiger partial charge >= 0.3 is 0 Å². The summed E-state index contributed by atoms with van der Waals surface area (Å²) in [5.41, 5.74) is 1.48. The lowest BCUT2D eigenvalue weighted by molar-refractivity contribution is -0.135. The number of carbonyl (C=O) groups is 1. The standard InChI is InChI=1S/C22H32N2O3/c1-18-4-6-19(7-5-18)26-16-21(25)24-12-8-22(9-13-24)14-20(27-17-22)15-23-10-2-3-11-23/h4-7,20H,2-3,8-17H2,1H3. The summed E-state index contributed by atoms with van der Waals surface area (Å²) in [6.45, 7) is 8.26. The molecular weight excluding hydrogens is 340 g/mol. The van der Waals surface area contributed by atoms with Crippen LogP contribution >= 0.6 is 0 Å². The summed E-state index contributed by atoms with van der Waals surface area (Å²) in [5, 5.41) is 0. The van der Waals surface area contributed by atoms with Gasteiger partial charge < -0.3 is 19.3 Å². The summed E-state index contributed by atoms with van der Waals surface area (Å²) in [5.74, 6) is 0.856. The number of nitrogens with zero attached hydrogens (tertiary/aromatic N) is 2. The molecule has 5 heteroatoms. The van der Waals surface area contributed by atoms with E-state index in [1.807, 2.05) is 36.1 Å². The smallest absolute Gasteiger partial charge is 0.260 e. The van der Waals surface area contributed by atoms with Crippen molar-refractivity contribution in [1.29, 1.82) is 0 Å². The van der Waals surface area contributed by atoms with E-state index in [4.69, 9.17) is 9.47 Å². The zero-order chi connectivity index (χ0) is 18.7. The molecule has 1 aromatic rings. The van der Waals surface area contributed by atoms with Crippen LogP contribution in [0.5, 0.6) is 5.75 Å². The summed E-state index contributed by atoms with van der Waals surface area (Å²) >= 11 is 0. The average molecular weight is 373 g/mol. The van der Waals surface area contributed by atoms with Gasteiger partial charge in [0.25, 0.3) is 5.91 Å². The average Bonchev–Trinajstić information content (AvgIpc) is 3.32. The molecular formula is C22H32N2O3. The van der Waals surface area contributed by atoms with Crippen molar-refractivity contribution in [2.24, 2.45) is 5.41 Å². The van der Waals surface area contributed by atoms with Gasteiger partial charge in [0.2, 0.25) is 0 Å². The Morgan fingerprint density at radius 1 is 1.15 bits per heavy atom. The monoisotopic (exact) mass is 372 g/mol. The minimum atomic E-state index is 0.0953. The topological polar surface area (TPSA) is 42.0 Å². The van der Waals surface area contributed by atoms with Gasteiger partial charge in [0, 0.05) is 19.6 Å². The van der Waals surface area contributed by atoms with E-state index in [0.29, 0.717) is 11.5 Å². The number of hydrogen-bond donors (Lipinski definition) is 0. The molecule has 0 saturated carbocycles. The number of rotatable bonds is 5. The molecule has 1 amide bonds. The Bertz CT molecular complexity index is 631. The van der Waals surface area contributed by atoms with Crippen LogP contribution in [0.3, 0.4) is 0 Å². The molecule has 4 rings (SSSR count). The molecule has 1 aromatic carbocycles. The van der Waals surface area contributed by atoms with E-state index >= 15 is 0 Å². The Balaban J connectivity index is 1.21. The number of likely N-dealkylation sites (tertiary alicyclic amines) is 2. The third-order valence-electron chi connectivity index (χ3n) is 6.51. The first-order valence-corrected chi connectivity index (χ1v) is 10.4. The summed E-state index contributed by atoms with van der Waals surface area (Å²) < 4.78 is 11.8. The maximum Gasteiger partial charge on any atom is 0.260 e. The van der Waals surface area contributed by atoms with Gasteiger partial charge in [-0.1, -0.05) is 17.7 Å². The highest BCUT2D eigenvalue weighted by Crippen LogP contribution is 2.42. The maximum absolute atomic E-state index is 12.5. The van der Waals surface area contributed by atoms with Gasteiger partial charge in [-0.2, -0.15) is 0 Å². The van der Waals surface area contributed by atoms with Crippen LogP contribution in [0, 0.1) is 12.3 Å². The van der Waals surface area contributed by atoms with E-state index in [-0.39, 0.29) is 12.5 Å². The second-order valence-corrected chi connectivity index (χ2v) is 8.63. The van der Waals surface area contributed by atoms with Crippen LogP contribution in [-0.2, 0) is 9.53 Å². The van der Waals surface area contributed by atoms with E-state index in [9.17, 15) is 4.79 Å². The Kier molecular flexibility index (Phi) is 5.69. The molecule has 0 N–H and O–H groups in total. The highest BCUT2D eigenvalue weighted by molar-refractivity contribution is 5.77. The molecule has 5 nitrogen and oxygen atoms in total. The highest BCUT2D eigenvalue weighted by Gasteiger charge is 2.43. The molecule has 1 atom stereocenters. The number of benzene rings is 1. The van der Waals surface area contributed by atoms with E-state index < -0.39 is 0 Å². The fourth-order valence-electron chi connectivity index (χ4n) is 4.72. The van der Waals surface area contributed by atoms with Gasteiger partial charge in [-0.05, 0) is 69.7 Å². The molecule has 0 aromatic heterocycles. The van der Waals surface area contributed by atoms with Crippen molar-refractivity contribution in [1.82, 2.24) is 9.80 Å². The summed E-state index contributed by atoms with van der Waals surface area (Å²) in [6.07, 6.45) is 6.32. The van der Waals surface area contributed by atoms with Crippen LogP contribution in [0.25, 0.3) is 0 Å². The second-order valence-electron chi connectivity index (χ2n) is 8.63. The van der Waals surface area contributed by atoms with Gasteiger partial charge in [-0.25, -0.2) is 0 Å². The minimum absolute atomic E-state index is 0.0953. The predicted octanol–water partition coefficient (Wildman–Crippen LogP) is 2.87. The quantitative estimate of drug-likeness (QED) is 0.797. The minimum Gasteiger partial charge on any atom is -0.484 e. The zero-order valence-corrected chi connectivity index (χ0v) is 16.5. The Morgan fingerprint density at radius 3 is 2.56 bits per heavy atom.